The minimum atomic E-state index is -0.707. The molecule has 0 aliphatic heterocycles. The topological polar surface area (TPSA) is 114 Å². The first kappa shape index (κ1) is 41.3. The molecule has 4 aromatic carbocycles. The third kappa shape index (κ3) is 14.9. The molecule has 8 heteroatoms. The number of ether oxygens (including phenoxy) is 2. The number of unbranched alkanes of at least 4 members (excludes halogenated alkanes) is 1. The zero-order valence-electron chi connectivity index (χ0n) is 31.1. The van der Waals surface area contributed by atoms with Gasteiger partial charge in [-0.15, -0.1) is 13.2 Å². The number of hydrogen-bond acceptors (Lipinski definition) is 6. The fraction of sp³-hybridized carbons (Fsp3) is 0.326. The zero-order valence-corrected chi connectivity index (χ0v) is 31.1. The standard InChI is InChI=1S/C46H54N2O6/c1-3-5-9-23-40(28-35-17-10-6-11-18-35)46(52)54-34-42(30-36-19-12-7-13-20-36)48-45(51)39(16-4-2)31-44(50)47-41(32-49)29-37-24-26-43(27-25-37)53-33-38-21-14-8-15-22-38/h3-4,6-8,10-15,17-22,24-27,39-42,49H,1-2,5,9,16,23,28-34H2,(H,47,50)(H,48,51)/t39-,40-,41+,42+/m1/s1. The average molecular weight is 731 g/mol. The van der Waals surface area contributed by atoms with Crippen LogP contribution in [0.25, 0.3) is 0 Å². The highest BCUT2D eigenvalue weighted by atomic mass is 16.5. The first-order chi connectivity index (χ1) is 26.4. The number of rotatable bonds is 24. The summed E-state index contributed by atoms with van der Waals surface area (Å²) in [5.41, 5.74) is 4.03. The van der Waals surface area contributed by atoms with Crippen LogP contribution in [0.1, 0.15) is 54.4 Å². The molecular formula is C46H54N2O6. The summed E-state index contributed by atoms with van der Waals surface area (Å²) in [7, 11) is 0. The lowest BCUT2D eigenvalue weighted by atomic mass is 9.94. The van der Waals surface area contributed by atoms with E-state index in [2.05, 4.69) is 23.8 Å². The van der Waals surface area contributed by atoms with E-state index in [1.54, 1.807) is 6.08 Å². The Labute approximate surface area is 320 Å². The summed E-state index contributed by atoms with van der Waals surface area (Å²) >= 11 is 0. The van der Waals surface area contributed by atoms with E-state index in [0.717, 1.165) is 40.8 Å². The van der Waals surface area contributed by atoms with Crippen molar-refractivity contribution in [3.63, 3.8) is 0 Å². The monoisotopic (exact) mass is 730 g/mol. The molecule has 0 aliphatic rings. The number of aliphatic hydroxyl groups is 1. The molecular weight excluding hydrogens is 677 g/mol. The SMILES string of the molecule is C=CCCC[C@H](Cc1ccccc1)C(=O)OC[C@H](Cc1ccccc1)NC(=O)[C@H](CC=C)CC(=O)N[C@H](CO)Cc1ccc(OCc2ccccc2)cc1. The highest BCUT2D eigenvalue weighted by molar-refractivity contribution is 5.86. The second-order valence-corrected chi connectivity index (χ2v) is 13.6. The molecule has 0 fully saturated rings. The van der Waals surface area contributed by atoms with Gasteiger partial charge in [0.05, 0.1) is 30.5 Å². The van der Waals surface area contributed by atoms with Crippen LogP contribution in [0.15, 0.2) is 141 Å². The van der Waals surface area contributed by atoms with Gasteiger partial charge >= 0.3 is 5.97 Å². The molecule has 0 saturated carbocycles. The number of carbonyl (C=O) groups is 3. The van der Waals surface area contributed by atoms with Crippen molar-refractivity contribution in [1.82, 2.24) is 10.6 Å². The lowest BCUT2D eigenvalue weighted by Gasteiger charge is -2.24. The van der Waals surface area contributed by atoms with Crippen LogP contribution in [0.5, 0.6) is 5.75 Å². The Morgan fingerprint density at radius 1 is 0.667 bits per heavy atom. The molecule has 3 N–H and O–H groups in total. The Morgan fingerprint density at radius 2 is 1.24 bits per heavy atom. The molecule has 54 heavy (non-hydrogen) atoms. The Morgan fingerprint density at radius 3 is 1.83 bits per heavy atom. The number of esters is 1. The van der Waals surface area contributed by atoms with E-state index in [4.69, 9.17) is 9.47 Å². The molecule has 4 atom stereocenters. The second-order valence-electron chi connectivity index (χ2n) is 13.6. The summed E-state index contributed by atoms with van der Waals surface area (Å²) in [6.45, 7) is 7.80. The van der Waals surface area contributed by atoms with Gasteiger partial charge in [0.1, 0.15) is 19.0 Å². The molecule has 0 aliphatic carbocycles. The fourth-order valence-electron chi connectivity index (χ4n) is 6.28. The molecule has 284 valence electrons. The second kappa shape index (κ2) is 23.2. The summed E-state index contributed by atoms with van der Waals surface area (Å²) in [5, 5.41) is 16.1. The predicted octanol–water partition coefficient (Wildman–Crippen LogP) is 7.35. The third-order valence-corrected chi connectivity index (χ3v) is 9.21. The van der Waals surface area contributed by atoms with Gasteiger partial charge in [0, 0.05) is 6.42 Å². The van der Waals surface area contributed by atoms with Gasteiger partial charge in [0.2, 0.25) is 11.8 Å². The van der Waals surface area contributed by atoms with Crippen LogP contribution in [-0.4, -0.2) is 48.2 Å². The average Bonchev–Trinajstić information content (AvgIpc) is 3.20. The summed E-state index contributed by atoms with van der Waals surface area (Å²) in [6.07, 6.45) is 7.34. The Balaban J connectivity index is 1.34. The Hall–Kier alpha value is -5.47. The molecule has 0 heterocycles. The van der Waals surface area contributed by atoms with Crippen molar-refractivity contribution in [2.24, 2.45) is 11.8 Å². The van der Waals surface area contributed by atoms with Crippen molar-refractivity contribution in [3.8, 4) is 5.75 Å². The molecule has 2 amide bonds. The summed E-state index contributed by atoms with van der Waals surface area (Å²) in [4.78, 5) is 40.5. The summed E-state index contributed by atoms with van der Waals surface area (Å²) < 4.78 is 11.8. The highest BCUT2D eigenvalue weighted by Crippen LogP contribution is 2.19. The van der Waals surface area contributed by atoms with Crippen molar-refractivity contribution in [3.05, 3.63) is 163 Å². The van der Waals surface area contributed by atoms with E-state index < -0.39 is 18.0 Å². The summed E-state index contributed by atoms with van der Waals surface area (Å²) in [5.74, 6) is -1.30. The van der Waals surface area contributed by atoms with Crippen LogP contribution in [0, 0.1) is 11.8 Å². The van der Waals surface area contributed by atoms with Gasteiger partial charge in [0.25, 0.3) is 0 Å². The molecule has 0 spiro atoms. The molecule has 0 unspecified atom stereocenters. The minimum Gasteiger partial charge on any atom is -0.489 e. The normalized spacial score (nSPS) is 13.1. The molecule has 0 bridgehead atoms. The van der Waals surface area contributed by atoms with Crippen molar-refractivity contribution in [2.45, 2.75) is 70.1 Å². The van der Waals surface area contributed by atoms with E-state index in [1.807, 2.05) is 121 Å². The van der Waals surface area contributed by atoms with E-state index >= 15 is 0 Å². The maximum absolute atomic E-state index is 13.7. The van der Waals surface area contributed by atoms with Gasteiger partial charge < -0.3 is 25.2 Å². The van der Waals surface area contributed by atoms with Crippen molar-refractivity contribution in [2.75, 3.05) is 13.2 Å². The quantitative estimate of drug-likeness (QED) is 0.0395. The molecule has 4 aromatic rings. The zero-order chi connectivity index (χ0) is 38.4. The van der Waals surface area contributed by atoms with Gasteiger partial charge in [-0.05, 0) is 79.3 Å². The number of aliphatic hydroxyl groups excluding tert-OH is 1. The summed E-state index contributed by atoms with van der Waals surface area (Å²) in [6, 6.07) is 36.0. The van der Waals surface area contributed by atoms with Crippen LogP contribution >= 0.6 is 0 Å². The van der Waals surface area contributed by atoms with Crippen LogP contribution in [-0.2, 0) is 45.0 Å². The highest BCUT2D eigenvalue weighted by Gasteiger charge is 2.27. The number of amides is 2. The largest absolute Gasteiger partial charge is 0.489 e. The first-order valence-corrected chi connectivity index (χ1v) is 18.8. The molecule has 0 radical (unpaired) electrons. The maximum Gasteiger partial charge on any atom is 0.309 e. The number of benzene rings is 4. The molecule has 0 aromatic heterocycles. The van der Waals surface area contributed by atoms with Gasteiger partial charge in [-0.3, -0.25) is 14.4 Å². The van der Waals surface area contributed by atoms with Crippen LogP contribution in [0.2, 0.25) is 0 Å². The van der Waals surface area contributed by atoms with Crippen LogP contribution in [0.4, 0.5) is 0 Å². The van der Waals surface area contributed by atoms with Gasteiger partial charge in [-0.2, -0.15) is 0 Å². The predicted molar refractivity (Wildman–Crippen MR) is 214 cm³/mol. The van der Waals surface area contributed by atoms with Crippen molar-refractivity contribution >= 4 is 17.8 Å². The Bertz CT molecular complexity index is 1710. The number of allylic oxidation sites excluding steroid dienone is 2. The molecule has 4 rings (SSSR count). The van der Waals surface area contributed by atoms with E-state index in [1.165, 1.54) is 0 Å². The number of carbonyl (C=O) groups excluding carboxylic acids is 3. The van der Waals surface area contributed by atoms with E-state index in [9.17, 15) is 19.5 Å². The first-order valence-electron chi connectivity index (χ1n) is 18.8. The van der Waals surface area contributed by atoms with Crippen LogP contribution in [0.3, 0.4) is 0 Å². The minimum absolute atomic E-state index is 0.0120. The van der Waals surface area contributed by atoms with Gasteiger partial charge in [0.15, 0.2) is 0 Å². The smallest absolute Gasteiger partial charge is 0.309 e. The number of nitrogens with one attached hydrogen (secondary N) is 2. The lowest BCUT2D eigenvalue weighted by Crippen LogP contribution is -2.45. The third-order valence-electron chi connectivity index (χ3n) is 9.21. The van der Waals surface area contributed by atoms with Crippen molar-refractivity contribution in [1.29, 1.82) is 0 Å². The maximum atomic E-state index is 13.7. The van der Waals surface area contributed by atoms with Crippen molar-refractivity contribution < 1.29 is 29.0 Å². The fourth-order valence-corrected chi connectivity index (χ4v) is 6.28. The van der Waals surface area contributed by atoms with Gasteiger partial charge in [-0.1, -0.05) is 115 Å². The Kier molecular flexibility index (Phi) is 17.8. The molecule has 0 saturated heterocycles. The lowest BCUT2D eigenvalue weighted by molar-refractivity contribution is -0.150. The molecule has 8 nitrogen and oxygen atoms in total. The van der Waals surface area contributed by atoms with Crippen LogP contribution < -0.4 is 15.4 Å². The number of hydrogen-bond donors (Lipinski definition) is 3. The van der Waals surface area contributed by atoms with Gasteiger partial charge in [-0.25, -0.2) is 0 Å². The van der Waals surface area contributed by atoms with E-state index in [-0.39, 0.29) is 49.8 Å². The van der Waals surface area contributed by atoms with E-state index in [0.29, 0.717) is 32.3 Å².